The number of amides is 1. The Morgan fingerprint density at radius 1 is 1.46 bits per heavy atom. The van der Waals surface area contributed by atoms with Crippen LogP contribution in [-0.2, 0) is 4.79 Å². The monoisotopic (exact) mass is 203 g/mol. The number of halogens is 1. The largest absolute Gasteiger partial charge is 0.355 e. The third kappa shape index (κ3) is 3.99. The average molecular weight is 204 g/mol. The van der Waals surface area contributed by atoms with Crippen molar-refractivity contribution in [3.05, 3.63) is 0 Å². The van der Waals surface area contributed by atoms with Crippen LogP contribution >= 0.6 is 11.6 Å². The molecule has 1 aliphatic carbocycles. The summed E-state index contributed by atoms with van der Waals surface area (Å²) in [6, 6.07) is 0. The Bertz CT molecular complexity index is 164. The minimum absolute atomic E-state index is 0.0350. The van der Waals surface area contributed by atoms with Gasteiger partial charge in [0.05, 0.1) is 0 Å². The fourth-order valence-corrected chi connectivity index (χ4v) is 1.85. The number of carbonyl (C=O) groups is 1. The van der Waals surface area contributed by atoms with E-state index in [2.05, 4.69) is 5.32 Å². The lowest BCUT2D eigenvalue weighted by Crippen LogP contribution is -2.34. The van der Waals surface area contributed by atoms with Crippen molar-refractivity contribution < 1.29 is 4.79 Å². The molecule has 1 rings (SSSR count). The van der Waals surface area contributed by atoms with Gasteiger partial charge in [0.25, 0.3) is 0 Å². The predicted octanol–water partition coefficient (Wildman–Crippen LogP) is 2.31. The lowest BCUT2D eigenvalue weighted by Gasteiger charge is -2.21. The molecule has 1 N–H and O–H groups in total. The van der Waals surface area contributed by atoms with Gasteiger partial charge >= 0.3 is 0 Å². The summed E-state index contributed by atoms with van der Waals surface area (Å²) in [5.74, 6) is 0.653. The van der Waals surface area contributed by atoms with E-state index in [1.54, 1.807) is 6.92 Å². The van der Waals surface area contributed by atoms with Crippen molar-refractivity contribution in [2.75, 3.05) is 6.54 Å². The summed E-state index contributed by atoms with van der Waals surface area (Å²) in [5, 5.41) is 2.48. The molecule has 2 nitrogen and oxygen atoms in total. The lowest BCUT2D eigenvalue weighted by molar-refractivity contribution is -0.120. The van der Waals surface area contributed by atoms with E-state index in [4.69, 9.17) is 11.6 Å². The first-order valence-electron chi connectivity index (χ1n) is 5.12. The Morgan fingerprint density at radius 2 is 2.08 bits per heavy atom. The molecule has 1 amide bonds. The van der Waals surface area contributed by atoms with Gasteiger partial charge in [-0.25, -0.2) is 0 Å². The molecule has 0 heterocycles. The fraction of sp³-hybridized carbons (Fsp3) is 0.900. The molecule has 0 aromatic heterocycles. The van der Waals surface area contributed by atoms with E-state index in [0.717, 1.165) is 6.54 Å². The van der Waals surface area contributed by atoms with Gasteiger partial charge < -0.3 is 5.32 Å². The molecule has 0 bridgehead atoms. The molecule has 1 fully saturated rings. The van der Waals surface area contributed by atoms with Crippen LogP contribution in [0.1, 0.15) is 39.0 Å². The van der Waals surface area contributed by atoms with Gasteiger partial charge in [-0.1, -0.05) is 19.3 Å². The van der Waals surface area contributed by atoms with Crippen molar-refractivity contribution in [2.24, 2.45) is 5.92 Å². The van der Waals surface area contributed by atoms with Gasteiger partial charge in [-0.15, -0.1) is 11.6 Å². The van der Waals surface area contributed by atoms with Crippen LogP contribution < -0.4 is 5.32 Å². The fourth-order valence-electron chi connectivity index (χ4n) is 1.78. The van der Waals surface area contributed by atoms with E-state index in [0.29, 0.717) is 5.92 Å². The second-order valence-electron chi connectivity index (χ2n) is 3.87. The molecule has 3 heteroatoms. The Hall–Kier alpha value is -0.240. The van der Waals surface area contributed by atoms with Crippen molar-refractivity contribution in [1.29, 1.82) is 0 Å². The number of alkyl halides is 1. The van der Waals surface area contributed by atoms with E-state index in [1.807, 2.05) is 0 Å². The second kappa shape index (κ2) is 5.48. The molecular weight excluding hydrogens is 186 g/mol. The first kappa shape index (κ1) is 10.8. The summed E-state index contributed by atoms with van der Waals surface area (Å²) in [6.07, 6.45) is 6.51. The van der Waals surface area contributed by atoms with Crippen molar-refractivity contribution >= 4 is 17.5 Å². The molecule has 0 spiro atoms. The Kier molecular flexibility index (Phi) is 4.57. The van der Waals surface area contributed by atoms with Crippen molar-refractivity contribution in [1.82, 2.24) is 5.32 Å². The highest BCUT2D eigenvalue weighted by atomic mass is 35.5. The molecule has 76 valence electrons. The summed E-state index contributed by atoms with van der Waals surface area (Å²) in [4.78, 5) is 11.1. The van der Waals surface area contributed by atoms with E-state index in [1.165, 1.54) is 32.1 Å². The topological polar surface area (TPSA) is 29.1 Å². The maximum Gasteiger partial charge on any atom is 0.237 e. The van der Waals surface area contributed by atoms with Gasteiger partial charge in [-0.3, -0.25) is 4.79 Å². The zero-order valence-electron chi connectivity index (χ0n) is 8.18. The molecule has 1 atom stereocenters. The minimum Gasteiger partial charge on any atom is -0.355 e. The van der Waals surface area contributed by atoms with Gasteiger partial charge in [-0.05, 0) is 25.7 Å². The van der Waals surface area contributed by atoms with Gasteiger partial charge in [-0.2, -0.15) is 0 Å². The highest BCUT2D eigenvalue weighted by Crippen LogP contribution is 2.22. The summed E-state index contributed by atoms with van der Waals surface area (Å²) < 4.78 is 0. The zero-order valence-corrected chi connectivity index (χ0v) is 8.94. The standard InChI is InChI=1S/C10H18ClNO/c1-8(11)10(13)12-7-9-5-3-2-4-6-9/h8-9H,2-7H2,1H3,(H,12,13)/t8-/m0/s1. The van der Waals surface area contributed by atoms with Gasteiger partial charge in [0.15, 0.2) is 0 Å². The number of carbonyl (C=O) groups excluding carboxylic acids is 1. The molecule has 0 aromatic rings. The Morgan fingerprint density at radius 3 is 2.62 bits per heavy atom. The molecule has 0 unspecified atom stereocenters. The molecule has 13 heavy (non-hydrogen) atoms. The summed E-state index contributed by atoms with van der Waals surface area (Å²) >= 11 is 5.63. The lowest BCUT2D eigenvalue weighted by atomic mass is 9.89. The van der Waals surface area contributed by atoms with E-state index in [-0.39, 0.29) is 5.91 Å². The SMILES string of the molecule is C[C@H](Cl)C(=O)NCC1CCCCC1. The van der Waals surface area contributed by atoms with Crippen LogP contribution in [0.15, 0.2) is 0 Å². The molecule has 0 saturated heterocycles. The Labute approximate surface area is 85.0 Å². The van der Waals surface area contributed by atoms with Crippen LogP contribution in [0.3, 0.4) is 0 Å². The maximum absolute atomic E-state index is 11.1. The number of rotatable bonds is 3. The smallest absolute Gasteiger partial charge is 0.237 e. The quantitative estimate of drug-likeness (QED) is 0.701. The average Bonchev–Trinajstić information content (AvgIpc) is 2.15. The van der Waals surface area contributed by atoms with Crippen LogP contribution in [0.25, 0.3) is 0 Å². The maximum atomic E-state index is 11.1. The van der Waals surface area contributed by atoms with Crippen LogP contribution in [-0.4, -0.2) is 17.8 Å². The van der Waals surface area contributed by atoms with E-state index in [9.17, 15) is 4.79 Å². The van der Waals surface area contributed by atoms with E-state index >= 15 is 0 Å². The zero-order chi connectivity index (χ0) is 9.68. The molecule has 1 saturated carbocycles. The first-order chi connectivity index (χ1) is 6.20. The molecule has 0 aromatic carbocycles. The van der Waals surface area contributed by atoms with Crippen LogP contribution in [0.4, 0.5) is 0 Å². The molecule has 1 aliphatic rings. The Balaban J connectivity index is 2.13. The summed E-state index contributed by atoms with van der Waals surface area (Å²) in [7, 11) is 0. The summed E-state index contributed by atoms with van der Waals surface area (Å²) in [6.45, 7) is 2.52. The van der Waals surface area contributed by atoms with Gasteiger partial charge in [0, 0.05) is 6.54 Å². The third-order valence-electron chi connectivity index (χ3n) is 2.65. The number of hydrogen-bond donors (Lipinski definition) is 1. The van der Waals surface area contributed by atoms with Gasteiger partial charge in [0.2, 0.25) is 5.91 Å². The predicted molar refractivity (Wildman–Crippen MR) is 54.9 cm³/mol. The number of hydrogen-bond acceptors (Lipinski definition) is 1. The van der Waals surface area contributed by atoms with Crippen LogP contribution in [0.2, 0.25) is 0 Å². The molecule has 0 radical (unpaired) electrons. The summed E-state index contributed by atoms with van der Waals surface area (Å²) in [5.41, 5.74) is 0. The van der Waals surface area contributed by atoms with Crippen LogP contribution in [0.5, 0.6) is 0 Å². The molecule has 0 aliphatic heterocycles. The highest BCUT2D eigenvalue weighted by Gasteiger charge is 2.15. The van der Waals surface area contributed by atoms with Crippen LogP contribution in [0, 0.1) is 5.92 Å². The number of nitrogens with one attached hydrogen (secondary N) is 1. The van der Waals surface area contributed by atoms with Gasteiger partial charge in [0.1, 0.15) is 5.38 Å². The second-order valence-corrected chi connectivity index (χ2v) is 4.52. The van der Waals surface area contributed by atoms with E-state index < -0.39 is 5.38 Å². The first-order valence-corrected chi connectivity index (χ1v) is 5.55. The molecular formula is C10H18ClNO. The highest BCUT2D eigenvalue weighted by molar-refractivity contribution is 6.30. The van der Waals surface area contributed by atoms with Crippen molar-refractivity contribution in [2.45, 2.75) is 44.4 Å². The minimum atomic E-state index is -0.399. The third-order valence-corrected chi connectivity index (χ3v) is 2.85. The normalized spacial score (nSPS) is 21.1. The van der Waals surface area contributed by atoms with Crippen molar-refractivity contribution in [3.8, 4) is 0 Å². The van der Waals surface area contributed by atoms with Crippen molar-refractivity contribution in [3.63, 3.8) is 0 Å².